The maximum Gasteiger partial charge on any atom is 0.254 e. The van der Waals surface area contributed by atoms with Crippen LogP contribution in [-0.4, -0.2) is 36.1 Å². The lowest BCUT2D eigenvalue weighted by atomic mass is 10.1. The van der Waals surface area contributed by atoms with Crippen molar-refractivity contribution in [1.29, 1.82) is 0 Å². The maximum absolute atomic E-state index is 13.4. The fourth-order valence-electron chi connectivity index (χ4n) is 2.22. The summed E-state index contributed by atoms with van der Waals surface area (Å²) in [4.78, 5) is 17.9. The number of amides is 1. The topological polar surface area (TPSA) is 42.4 Å². The van der Waals surface area contributed by atoms with E-state index in [2.05, 4.69) is 4.98 Å². The molecule has 1 aromatic heterocycles. The van der Waals surface area contributed by atoms with Gasteiger partial charge in [0.15, 0.2) is 17.5 Å². The molecule has 0 unspecified atom stereocenters. The van der Waals surface area contributed by atoms with Gasteiger partial charge in [-0.25, -0.2) is 13.2 Å². The number of carbonyl (C=O) groups excluding carboxylic acids is 1. The monoisotopic (exact) mass is 338 g/mol. The first kappa shape index (κ1) is 17.9. The Morgan fingerprint density at radius 3 is 2.38 bits per heavy atom. The molecule has 0 aliphatic heterocycles. The van der Waals surface area contributed by atoms with Crippen LogP contribution < -0.4 is 0 Å². The summed E-state index contributed by atoms with van der Waals surface area (Å²) in [5, 5.41) is 0. The summed E-state index contributed by atoms with van der Waals surface area (Å²) in [7, 11) is 1.54. The number of pyridine rings is 1. The van der Waals surface area contributed by atoms with Gasteiger partial charge in [0.25, 0.3) is 5.91 Å². The number of halogens is 3. The molecule has 1 heterocycles. The zero-order valence-corrected chi connectivity index (χ0v) is 13.1. The highest BCUT2D eigenvalue weighted by atomic mass is 19.2. The van der Waals surface area contributed by atoms with E-state index < -0.39 is 23.4 Å². The molecule has 24 heavy (non-hydrogen) atoms. The number of methoxy groups -OCH3 is 1. The third-order valence-electron chi connectivity index (χ3n) is 3.42. The van der Waals surface area contributed by atoms with Crippen LogP contribution in [0.5, 0.6) is 0 Å². The molecule has 0 bridgehead atoms. The van der Waals surface area contributed by atoms with E-state index in [0.29, 0.717) is 31.7 Å². The van der Waals surface area contributed by atoms with E-state index in [1.165, 1.54) is 4.90 Å². The maximum atomic E-state index is 13.4. The van der Waals surface area contributed by atoms with Crippen LogP contribution >= 0.6 is 0 Å². The Labute approximate surface area is 137 Å². The number of nitrogens with zero attached hydrogens (tertiary/aromatic N) is 2. The van der Waals surface area contributed by atoms with Gasteiger partial charge in [0, 0.05) is 44.8 Å². The fourth-order valence-corrected chi connectivity index (χ4v) is 2.22. The van der Waals surface area contributed by atoms with E-state index in [0.717, 1.165) is 5.56 Å². The Kier molecular flexibility index (Phi) is 6.31. The molecule has 0 spiro atoms. The van der Waals surface area contributed by atoms with Gasteiger partial charge in [0.2, 0.25) is 0 Å². The van der Waals surface area contributed by atoms with Crippen LogP contribution in [0.3, 0.4) is 0 Å². The van der Waals surface area contributed by atoms with E-state index in [1.54, 1.807) is 31.6 Å². The number of hydrogen-bond acceptors (Lipinski definition) is 3. The minimum Gasteiger partial charge on any atom is -0.385 e. The molecule has 2 aromatic rings. The molecule has 0 saturated carbocycles. The molecule has 0 N–H and O–H groups in total. The first-order valence-electron chi connectivity index (χ1n) is 7.34. The second-order valence-electron chi connectivity index (χ2n) is 5.18. The Balaban J connectivity index is 2.23. The third-order valence-corrected chi connectivity index (χ3v) is 3.42. The van der Waals surface area contributed by atoms with Crippen molar-refractivity contribution in [2.45, 2.75) is 13.0 Å². The fraction of sp³-hybridized carbons (Fsp3) is 0.294. The lowest BCUT2D eigenvalue weighted by molar-refractivity contribution is 0.0722. The zero-order valence-electron chi connectivity index (χ0n) is 13.1. The number of hydrogen-bond donors (Lipinski definition) is 0. The van der Waals surface area contributed by atoms with E-state index >= 15 is 0 Å². The lowest BCUT2D eigenvalue weighted by Gasteiger charge is -2.23. The smallest absolute Gasteiger partial charge is 0.254 e. The van der Waals surface area contributed by atoms with Crippen molar-refractivity contribution in [2.24, 2.45) is 0 Å². The van der Waals surface area contributed by atoms with Crippen LogP contribution in [-0.2, 0) is 11.3 Å². The molecule has 2 rings (SSSR count). The minimum absolute atomic E-state index is 0.238. The molecule has 4 nitrogen and oxygen atoms in total. The average Bonchev–Trinajstić information content (AvgIpc) is 2.59. The number of benzene rings is 1. The van der Waals surface area contributed by atoms with Gasteiger partial charge in [-0.15, -0.1) is 0 Å². The molecule has 0 saturated heterocycles. The molecular weight excluding hydrogens is 321 g/mol. The Bertz CT molecular complexity index is 672. The van der Waals surface area contributed by atoms with E-state index in [-0.39, 0.29) is 12.1 Å². The molecule has 0 atom stereocenters. The van der Waals surface area contributed by atoms with Gasteiger partial charge >= 0.3 is 0 Å². The lowest BCUT2D eigenvalue weighted by Crippen LogP contribution is -2.32. The van der Waals surface area contributed by atoms with Crippen LogP contribution in [0.2, 0.25) is 0 Å². The Morgan fingerprint density at radius 2 is 1.79 bits per heavy atom. The summed E-state index contributed by atoms with van der Waals surface area (Å²) < 4.78 is 44.8. The highest BCUT2D eigenvalue weighted by Gasteiger charge is 2.20. The molecule has 1 amide bonds. The molecule has 0 radical (unpaired) electrons. The van der Waals surface area contributed by atoms with E-state index in [4.69, 9.17) is 4.74 Å². The molecule has 128 valence electrons. The minimum atomic E-state index is -1.59. The van der Waals surface area contributed by atoms with Gasteiger partial charge in [0.1, 0.15) is 0 Å². The summed E-state index contributed by atoms with van der Waals surface area (Å²) in [6.45, 7) is 1.01. The van der Waals surface area contributed by atoms with E-state index in [9.17, 15) is 18.0 Å². The number of rotatable bonds is 7. The second kappa shape index (κ2) is 8.44. The molecule has 1 aromatic carbocycles. The second-order valence-corrected chi connectivity index (χ2v) is 5.18. The van der Waals surface area contributed by atoms with Gasteiger partial charge in [-0.1, -0.05) is 0 Å². The van der Waals surface area contributed by atoms with Gasteiger partial charge < -0.3 is 9.64 Å². The zero-order chi connectivity index (χ0) is 17.5. The van der Waals surface area contributed by atoms with Crippen molar-refractivity contribution in [3.8, 4) is 0 Å². The van der Waals surface area contributed by atoms with Gasteiger partial charge in [0.05, 0.1) is 0 Å². The summed E-state index contributed by atoms with van der Waals surface area (Å²) in [5.74, 6) is -4.95. The van der Waals surface area contributed by atoms with E-state index in [1.807, 2.05) is 0 Å². The third kappa shape index (κ3) is 4.55. The Morgan fingerprint density at radius 1 is 1.17 bits per heavy atom. The highest BCUT2D eigenvalue weighted by Crippen LogP contribution is 2.17. The van der Waals surface area contributed by atoms with Crippen molar-refractivity contribution in [1.82, 2.24) is 9.88 Å². The molecule has 0 fully saturated rings. The number of ether oxygens (including phenoxy) is 1. The highest BCUT2D eigenvalue weighted by molar-refractivity contribution is 5.94. The summed E-state index contributed by atoms with van der Waals surface area (Å²) in [6, 6.07) is 4.89. The van der Waals surface area contributed by atoms with Crippen LogP contribution in [0.15, 0.2) is 36.7 Å². The average molecular weight is 338 g/mol. The van der Waals surface area contributed by atoms with Gasteiger partial charge in [-0.2, -0.15) is 0 Å². The van der Waals surface area contributed by atoms with Crippen LogP contribution in [0.25, 0.3) is 0 Å². The predicted molar refractivity (Wildman–Crippen MR) is 81.8 cm³/mol. The summed E-state index contributed by atoms with van der Waals surface area (Å²) >= 11 is 0. The van der Waals surface area contributed by atoms with Crippen molar-refractivity contribution < 1.29 is 22.7 Å². The van der Waals surface area contributed by atoms with Crippen molar-refractivity contribution in [3.05, 3.63) is 65.2 Å². The quantitative estimate of drug-likeness (QED) is 0.575. The van der Waals surface area contributed by atoms with Crippen molar-refractivity contribution >= 4 is 5.91 Å². The summed E-state index contributed by atoms with van der Waals surface area (Å²) in [5.41, 5.74) is 0.580. The van der Waals surface area contributed by atoms with Crippen LogP contribution in [0.1, 0.15) is 22.3 Å². The molecule has 0 aliphatic rings. The van der Waals surface area contributed by atoms with Crippen molar-refractivity contribution in [2.75, 3.05) is 20.3 Å². The normalized spacial score (nSPS) is 10.7. The van der Waals surface area contributed by atoms with Crippen LogP contribution in [0, 0.1) is 17.5 Å². The number of carbonyl (C=O) groups is 1. The predicted octanol–water partition coefficient (Wildman–Crippen LogP) is 3.18. The first-order chi connectivity index (χ1) is 11.5. The van der Waals surface area contributed by atoms with Crippen molar-refractivity contribution in [3.63, 3.8) is 0 Å². The summed E-state index contributed by atoms with van der Waals surface area (Å²) in [6.07, 6.45) is 3.73. The SMILES string of the molecule is COCCCN(Cc1ccncc1)C(=O)c1cc(F)c(F)c(F)c1. The first-order valence-corrected chi connectivity index (χ1v) is 7.34. The van der Waals surface area contributed by atoms with Crippen LogP contribution in [0.4, 0.5) is 13.2 Å². The molecular formula is C17H17F3N2O2. The van der Waals surface area contributed by atoms with Gasteiger partial charge in [-0.05, 0) is 36.2 Å². The standard InChI is InChI=1S/C17H17F3N2O2/c1-24-8-2-7-22(11-12-3-5-21-6-4-12)17(23)13-9-14(18)16(20)15(19)10-13/h3-6,9-10H,2,7-8,11H2,1H3. The largest absolute Gasteiger partial charge is 0.385 e. The number of aromatic nitrogens is 1. The Hall–Kier alpha value is -2.41. The molecule has 7 heteroatoms. The van der Waals surface area contributed by atoms with Gasteiger partial charge in [-0.3, -0.25) is 9.78 Å². The molecule has 0 aliphatic carbocycles.